The first-order valence-corrected chi connectivity index (χ1v) is 12.0. The molecule has 2 atom stereocenters. The molecular formula is C24H30F2N6O3. The lowest BCUT2D eigenvalue weighted by Gasteiger charge is -2.39. The van der Waals surface area contributed by atoms with Gasteiger partial charge in [0.2, 0.25) is 5.95 Å². The van der Waals surface area contributed by atoms with Gasteiger partial charge in [0.25, 0.3) is 6.43 Å². The van der Waals surface area contributed by atoms with Crippen LogP contribution in [0.1, 0.15) is 33.0 Å². The van der Waals surface area contributed by atoms with Crippen LogP contribution in [0.25, 0.3) is 17.0 Å². The fourth-order valence-corrected chi connectivity index (χ4v) is 4.59. The van der Waals surface area contributed by atoms with E-state index in [0.29, 0.717) is 74.5 Å². The number of imidazole rings is 1. The Morgan fingerprint density at radius 1 is 1.06 bits per heavy atom. The number of ether oxygens (including phenoxy) is 3. The van der Waals surface area contributed by atoms with E-state index in [1.807, 2.05) is 19.9 Å². The van der Waals surface area contributed by atoms with Gasteiger partial charge in [-0.1, -0.05) is 6.07 Å². The first-order valence-electron chi connectivity index (χ1n) is 12.0. The Morgan fingerprint density at radius 2 is 1.83 bits per heavy atom. The predicted molar refractivity (Wildman–Crippen MR) is 128 cm³/mol. The molecule has 2 aliphatic heterocycles. The molecule has 0 aliphatic carbocycles. The number of hydrogen-bond acceptors (Lipinski definition) is 8. The summed E-state index contributed by atoms with van der Waals surface area (Å²) in [5.74, 6) is 1.53. The number of hydrogen-bond donors (Lipinski definition) is 0. The van der Waals surface area contributed by atoms with Crippen molar-refractivity contribution in [1.82, 2.24) is 19.5 Å². The molecule has 0 spiro atoms. The summed E-state index contributed by atoms with van der Waals surface area (Å²) in [6.45, 7) is 10.0. The van der Waals surface area contributed by atoms with Crippen LogP contribution in [0.5, 0.6) is 5.75 Å². The topological polar surface area (TPSA) is 77.8 Å². The fourth-order valence-electron chi connectivity index (χ4n) is 4.59. The molecule has 9 nitrogen and oxygen atoms in total. The second-order valence-corrected chi connectivity index (χ2v) is 8.66. The minimum atomic E-state index is -2.82. The molecule has 11 heteroatoms. The highest BCUT2D eigenvalue weighted by Gasteiger charge is 2.30. The van der Waals surface area contributed by atoms with E-state index in [9.17, 15) is 8.78 Å². The summed E-state index contributed by atoms with van der Waals surface area (Å²) in [7, 11) is 0. The quantitative estimate of drug-likeness (QED) is 0.521. The van der Waals surface area contributed by atoms with Crippen molar-refractivity contribution < 1.29 is 23.0 Å². The Labute approximate surface area is 202 Å². The maximum absolute atomic E-state index is 14.3. The van der Waals surface area contributed by atoms with Crippen LogP contribution in [0, 0.1) is 0 Å². The Balaban J connectivity index is 1.70. The zero-order chi connectivity index (χ0) is 24.5. The highest BCUT2D eigenvalue weighted by atomic mass is 19.3. The van der Waals surface area contributed by atoms with Crippen molar-refractivity contribution in [3.63, 3.8) is 0 Å². The number of para-hydroxylation sites is 1. The number of morpholine rings is 2. The second-order valence-electron chi connectivity index (χ2n) is 8.66. The zero-order valence-corrected chi connectivity index (χ0v) is 20.2. The molecule has 0 saturated carbocycles. The summed E-state index contributed by atoms with van der Waals surface area (Å²) in [6, 6.07) is 7.21. The van der Waals surface area contributed by atoms with Crippen LogP contribution in [0.3, 0.4) is 0 Å². The number of fused-ring (bicyclic) bond motifs is 1. The third-order valence-corrected chi connectivity index (χ3v) is 6.57. The van der Waals surface area contributed by atoms with E-state index >= 15 is 0 Å². The van der Waals surface area contributed by atoms with E-state index in [4.69, 9.17) is 24.2 Å². The summed E-state index contributed by atoms with van der Waals surface area (Å²) < 4.78 is 46.8. The summed E-state index contributed by atoms with van der Waals surface area (Å²) in [6.07, 6.45) is -2.81. The molecule has 5 rings (SSSR count). The number of benzene rings is 1. The lowest BCUT2D eigenvalue weighted by atomic mass is 10.1. The number of alkyl halides is 2. The van der Waals surface area contributed by atoms with Crippen LogP contribution in [0.4, 0.5) is 20.4 Å². The average Bonchev–Trinajstić information content (AvgIpc) is 3.27. The summed E-state index contributed by atoms with van der Waals surface area (Å²) in [5, 5.41) is 0. The third kappa shape index (κ3) is 4.50. The monoisotopic (exact) mass is 488 g/mol. The lowest BCUT2D eigenvalue weighted by molar-refractivity contribution is 0.0281. The molecule has 2 aromatic heterocycles. The van der Waals surface area contributed by atoms with Crippen molar-refractivity contribution in [2.75, 3.05) is 55.9 Å². The van der Waals surface area contributed by atoms with Crippen LogP contribution in [-0.2, 0) is 9.47 Å². The molecule has 188 valence electrons. The predicted octanol–water partition coefficient (Wildman–Crippen LogP) is 3.60. The Morgan fingerprint density at radius 3 is 2.57 bits per heavy atom. The molecule has 0 radical (unpaired) electrons. The van der Waals surface area contributed by atoms with Gasteiger partial charge in [0, 0.05) is 25.7 Å². The minimum Gasteiger partial charge on any atom is -0.492 e. The third-order valence-electron chi connectivity index (χ3n) is 6.57. The first-order chi connectivity index (χ1) is 17.0. The minimum absolute atomic E-state index is 0.00783. The van der Waals surface area contributed by atoms with Gasteiger partial charge in [-0.2, -0.15) is 9.97 Å². The molecule has 0 unspecified atom stereocenters. The van der Waals surface area contributed by atoms with Gasteiger partial charge in [0.1, 0.15) is 22.9 Å². The van der Waals surface area contributed by atoms with Crippen molar-refractivity contribution in [3.8, 4) is 11.7 Å². The molecule has 0 amide bonds. The summed E-state index contributed by atoms with van der Waals surface area (Å²) in [4.78, 5) is 18.1. The standard InChI is InChI=1S/C24H30F2N6O3/c1-4-34-18-7-5-6-17-21(18)29-23(22(25)26)32(17)24-27-19(30-8-11-33-12-9-30)14-20(28-24)31-10-13-35-16(3)15(31)2/h5-7,14-16,22H,4,8-13H2,1-3H3/t15-,16+/m1/s1. The Bertz CT molecular complexity index is 1180. The van der Waals surface area contributed by atoms with Crippen LogP contribution in [0.2, 0.25) is 0 Å². The zero-order valence-electron chi connectivity index (χ0n) is 20.2. The van der Waals surface area contributed by atoms with Crippen molar-refractivity contribution >= 4 is 22.7 Å². The molecule has 2 fully saturated rings. The van der Waals surface area contributed by atoms with Crippen LogP contribution in [-0.4, -0.2) is 77.7 Å². The molecule has 35 heavy (non-hydrogen) atoms. The maximum atomic E-state index is 14.3. The molecule has 2 aliphatic rings. The van der Waals surface area contributed by atoms with Crippen molar-refractivity contribution in [2.24, 2.45) is 0 Å². The molecule has 1 aromatic carbocycles. The van der Waals surface area contributed by atoms with E-state index in [2.05, 4.69) is 21.7 Å². The van der Waals surface area contributed by atoms with E-state index in [0.717, 1.165) is 0 Å². The largest absolute Gasteiger partial charge is 0.492 e. The van der Waals surface area contributed by atoms with Gasteiger partial charge in [0.05, 0.1) is 44.1 Å². The molecule has 2 saturated heterocycles. The summed E-state index contributed by atoms with van der Waals surface area (Å²) in [5.41, 5.74) is 0.833. The normalized spacial score (nSPS) is 21.2. The number of halogens is 2. The SMILES string of the molecule is CCOc1cccc2c1nc(C(F)F)n2-c1nc(N2CCOCC2)cc(N2CCO[C@@H](C)[C@H]2C)n1. The molecule has 3 aromatic rings. The number of nitrogens with zero attached hydrogens (tertiary/aromatic N) is 6. The van der Waals surface area contributed by atoms with Crippen LogP contribution in [0.15, 0.2) is 24.3 Å². The Hall–Kier alpha value is -3.05. The van der Waals surface area contributed by atoms with Crippen molar-refractivity contribution in [2.45, 2.75) is 39.3 Å². The highest BCUT2D eigenvalue weighted by molar-refractivity contribution is 5.84. The number of rotatable bonds is 6. The second kappa shape index (κ2) is 9.90. The molecular weight excluding hydrogens is 458 g/mol. The lowest BCUT2D eigenvalue weighted by Crippen LogP contribution is -2.49. The first kappa shape index (κ1) is 23.7. The van der Waals surface area contributed by atoms with E-state index in [-0.39, 0.29) is 18.1 Å². The van der Waals surface area contributed by atoms with Crippen molar-refractivity contribution in [3.05, 3.63) is 30.1 Å². The van der Waals surface area contributed by atoms with Gasteiger partial charge >= 0.3 is 0 Å². The van der Waals surface area contributed by atoms with Crippen molar-refractivity contribution in [1.29, 1.82) is 0 Å². The smallest absolute Gasteiger partial charge is 0.296 e. The molecule has 4 heterocycles. The van der Waals surface area contributed by atoms with Gasteiger partial charge < -0.3 is 24.0 Å². The number of aromatic nitrogens is 4. The Kier molecular flexibility index (Phi) is 6.70. The van der Waals surface area contributed by atoms with Crippen LogP contribution < -0.4 is 14.5 Å². The van der Waals surface area contributed by atoms with Gasteiger partial charge in [-0.25, -0.2) is 13.8 Å². The highest BCUT2D eigenvalue weighted by Crippen LogP contribution is 2.33. The summed E-state index contributed by atoms with van der Waals surface area (Å²) >= 11 is 0. The van der Waals surface area contributed by atoms with E-state index in [1.165, 1.54) is 4.57 Å². The fraction of sp³-hybridized carbons (Fsp3) is 0.542. The van der Waals surface area contributed by atoms with Gasteiger partial charge in [0.15, 0.2) is 5.82 Å². The van der Waals surface area contributed by atoms with Gasteiger partial charge in [-0.15, -0.1) is 0 Å². The van der Waals surface area contributed by atoms with Crippen LogP contribution >= 0.6 is 0 Å². The van der Waals surface area contributed by atoms with Gasteiger partial charge in [-0.3, -0.25) is 4.57 Å². The number of anilines is 2. The van der Waals surface area contributed by atoms with Gasteiger partial charge in [-0.05, 0) is 32.9 Å². The van der Waals surface area contributed by atoms with E-state index < -0.39 is 12.2 Å². The average molecular weight is 489 g/mol. The van der Waals surface area contributed by atoms with E-state index in [1.54, 1.807) is 18.2 Å². The molecule has 0 N–H and O–H groups in total. The maximum Gasteiger partial charge on any atom is 0.296 e. The molecule has 0 bridgehead atoms.